The number of aryl methyl sites for hydroxylation is 3. The van der Waals surface area contributed by atoms with Crippen molar-refractivity contribution in [2.24, 2.45) is 5.73 Å². The molecule has 0 saturated carbocycles. The van der Waals surface area contributed by atoms with Gasteiger partial charge < -0.3 is 11.5 Å². The van der Waals surface area contributed by atoms with E-state index in [-0.39, 0.29) is 6.42 Å². The van der Waals surface area contributed by atoms with E-state index in [0.29, 0.717) is 16.8 Å². The minimum atomic E-state index is -0.456. The Morgan fingerprint density at radius 3 is 2.85 bits per heavy atom. The molecule has 2 heterocycles. The zero-order valence-corrected chi connectivity index (χ0v) is 15.3. The predicted octanol–water partition coefficient (Wildman–Crippen LogP) is 2.05. The van der Waals surface area contributed by atoms with Crippen LogP contribution in [-0.2, 0) is 30.5 Å². The first-order valence-electron chi connectivity index (χ1n) is 8.67. The zero-order chi connectivity index (χ0) is 18.3. The summed E-state index contributed by atoms with van der Waals surface area (Å²) in [7, 11) is 0. The third-order valence-electron chi connectivity index (χ3n) is 4.56. The summed E-state index contributed by atoms with van der Waals surface area (Å²) in [6, 6.07) is 6.36. The predicted molar refractivity (Wildman–Crippen MR) is 101 cm³/mol. The molecule has 0 unspecified atom stereocenters. The topological polar surface area (TPSA) is 113 Å². The van der Waals surface area contributed by atoms with Crippen molar-refractivity contribution in [1.82, 2.24) is 19.7 Å². The number of nitrogens with zero attached hydrogens (tertiary/aromatic N) is 4. The summed E-state index contributed by atoms with van der Waals surface area (Å²) in [6.07, 6.45) is 4.13. The summed E-state index contributed by atoms with van der Waals surface area (Å²) in [5.74, 6) is 0.606. The van der Waals surface area contributed by atoms with Crippen molar-refractivity contribution in [2.45, 2.75) is 39.0 Å². The maximum Gasteiger partial charge on any atom is 0.225 e. The van der Waals surface area contributed by atoms with Crippen LogP contribution in [-0.4, -0.2) is 25.7 Å². The van der Waals surface area contributed by atoms with Gasteiger partial charge in [0.1, 0.15) is 0 Å². The maximum atomic E-state index is 11.3. The molecule has 1 aliphatic rings. The Balaban J connectivity index is 1.87. The van der Waals surface area contributed by atoms with Crippen LogP contribution in [0.4, 0.5) is 5.13 Å². The SMILES string of the molecule is CCc1nc(N)sc1-c1nc(CC(N)=O)nn1-c1ccc2c(c1)CCC2. The molecule has 0 atom stereocenters. The van der Waals surface area contributed by atoms with E-state index in [9.17, 15) is 4.79 Å². The first-order valence-corrected chi connectivity index (χ1v) is 9.48. The normalized spacial score (nSPS) is 13.1. The van der Waals surface area contributed by atoms with Crippen LogP contribution >= 0.6 is 11.3 Å². The zero-order valence-electron chi connectivity index (χ0n) is 14.5. The molecule has 0 saturated heterocycles. The molecule has 0 fully saturated rings. The van der Waals surface area contributed by atoms with E-state index in [1.54, 1.807) is 4.68 Å². The van der Waals surface area contributed by atoms with Gasteiger partial charge in [0.2, 0.25) is 5.91 Å². The third-order valence-corrected chi connectivity index (χ3v) is 5.48. The van der Waals surface area contributed by atoms with E-state index in [4.69, 9.17) is 11.5 Å². The van der Waals surface area contributed by atoms with Crippen LogP contribution in [0.2, 0.25) is 0 Å². The highest BCUT2D eigenvalue weighted by Crippen LogP contribution is 2.33. The lowest BCUT2D eigenvalue weighted by Crippen LogP contribution is -2.14. The second-order valence-corrected chi connectivity index (χ2v) is 7.43. The van der Waals surface area contributed by atoms with E-state index in [0.717, 1.165) is 35.5 Å². The molecule has 4 rings (SSSR count). The van der Waals surface area contributed by atoms with E-state index in [2.05, 4.69) is 27.2 Å². The minimum Gasteiger partial charge on any atom is -0.375 e. The molecule has 1 aromatic carbocycles. The van der Waals surface area contributed by atoms with Crippen molar-refractivity contribution in [3.05, 3.63) is 40.8 Å². The van der Waals surface area contributed by atoms with Gasteiger partial charge in [-0.1, -0.05) is 24.3 Å². The monoisotopic (exact) mass is 368 g/mol. The van der Waals surface area contributed by atoms with Crippen molar-refractivity contribution in [2.75, 3.05) is 5.73 Å². The Morgan fingerprint density at radius 2 is 2.08 bits per heavy atom. The van der Waals surface area contributed by atoms with Gasteiger partial charge in [-0.05, 0) is 48.9 Å². The number of primary amides is 1. The molecule has 0 bridgehead atoms. The molecule has 7 nitrogen and oxygen atoms in total. The number of anilines is 1. The largest absolute Gasteiger partial charge is 0.375 e. The number of carbonyl (C=O) groups is 1. The van der Waals surface area contributed by atoms with Crippen molar-refractivity contribution in [3.63, 3.8) is 0 Å². The fourth-order valence-corrected chi connectivity index (χ4v) is 4.28. The molecule has 26 heavy (non-hydrogen) atoms. The number of fused-ring (bicyclic) bond motifs is 1. The van der Waals surface area contributed by atoms with Crippen LogP contribution in [0, 0.1) is 0 Å². The van der Waals surface area contributed by atoms with Gasteiger partial charge in [-0.2, -0.15) is 5.10 Å². The number of hydrogen-bond acceptors (Lipinski definition) is 6. The van der Waals surface area contributed by atoms with Crippen LogP contribution in [0.25, 0.3) is 16.4 Å². The summed E-state index contributed by atoms with van der Waals surface area (Å²) in [4.78, 5) is 21.2. The molecule has 0 aliphatic heterocycles. The molecule has 8 heteroatoms. The number of aromatic nitrogens is 4. The van der Waals surface area contributed by atoms with Crippen LogP contribution in [0.5, 0.6) is 0 Å². The highest BCUT2D eigenvalue weighted by molar-refractivity contribution is 7.18. The lowest BCUT2D eigenvalue weighted by molar-refractivity contribution is -0.117. The number of benzene rings is 1. The number of amides is 1. The van der Waals surface area contributed by atoms with Crippen LogP contribution < -0.4 is 11.5 Å². The summed E-state index contributed by atoms with van der Waals surface area (Å²) in [5.41, 5.74) is 15.8. The number of carbonyl (C=O) groups excluding carboxylic acids is 1. The van der Waals surface area contributed by atoms with Crippen molar-refractivity contribution in [1.29, 1.82) is 0 Å². The molecular weight excluding hydrogens is 348 g/mol. The Labute approximate surface area is 155 Å². The number of nitrogens with two attached hydrogens (primary N) is 2. The fraction of sp³-hybridized carbons (Fsp3) is 0.333. The lowest BCUT2D eigenvalue weighted by Gasteiger charge is -2.08. The van der Waals surface area contributed by atoms with E-state index in [1.165, 1.54) is 28.9 Å². The number of hydrogen-bond donors (Lipinski definition) is 2. The minimum absolute atomic E-state index is 0.000680. The summed E-state index contributed by atoms with van der Waals surface area (Å²) >= 11 is 1.39. The highest BCUT2D eigenvalue weighted by Gasteiger charge is 2.21. The van der Waals surface area contributed by atoms with Crippen LogP contribution in [0.15, 0.2) is 18.2 Å². The van der Waals surface area contributed by atoms with Crippen molar-refractivity contribution < 1.29 is 4.79 Å². The Morgan fingerprint density at radius 1 is 1.27 bits per heavy atom. The quantitative estimate of drug-likeness (QED) is 0.716. The van der Waals surface area contributed by atoms with E-state index in [1.807, 2.05) is 13.0 Å². The fourth-order valence-electron chi connectivity index (χ4n) is 3.39. The number of nitrogen functional groups attached to an aromatic ring is 1. The van der Waals surface area contributed by atoms with E-state index < -0.39 is 5.91 Å². The second-order valence-electron chi connectivity index (χ2n) is 6.39. The Kier molecular flexibility index (Phi) is 4.20. The van der Waals surface area contributed by atoms with Gasteiger partial charge >= 0.3 is 0 Å². The van der Waals surface area contributed by atoms with Gasteiger partial charge in [0.15, 0.2) is 16.8 Å². The Bertz CT molecular complexity index is 990. The maximum absolute atomic E-state index is 11.3. The van der Waals surface area contributed by atoms with Gasteiger partial charge in [-0.25, -0.2) is 14.6 Å². The van der Waals surface area contributed by atoms with Gasteiger partial charge in [0.25, 0.3) is 0 Å². The van der Waals surface area contributed by atoms with Crippen molar-refractivity contribution in [3.8, 4) is 16.4 Å². The molecule has 1 amide bonds. The van der Waals surface area contributed by atoms with Crippen molar-refractivity contribution >= 4 is 22.4 Å². The molecule has 0 radical (unpaired) electrons. The van der Waals surface area contributed by atoms with Gasteiger partial charge in [0, 0.05) is 0 Å². The molecule has 3 aromatic rings. The van der Waals surface area contributed by atoms with Gasteiger partial charge in [0.05, 0.1) is 22.7 Å². The lowest BCUT2D eigenvalue weighted by atomic mass is 10.1. The highest BCUT2D eigenvalue weighted by atomic mass is 32.1. The van der Waals surface area contributed by atoms with Crippen LogP contribution in [0.3, 0.4) is 0 Å². The molecular formula is C18H20N6OS. The van der Waals surface area contributed by atoms with E-state index >= 15 is 0 Å². The first-order chi connectivity index (χ1) is 12.5. The average Bonchev–Trinajstić information content (AvgIpc) is 3.30. The summed E-state index contributed by atoms with van der Waals surface area (Å²) in [6.45, 7) is 2.03. The number of rotatable bonds is 5. The molecule has 4 N–H and O–H groups in total. The first kappa shape index (κ1) is 16.7. The van der Waals surface area contributed by atoms with Gasteiger partial charge in [-0.3, -0.25) is 4.79 Å². The molecule has 2 aromatic heterocycles. The average molecular weight is 368 g/mol. The Hall–Kier alpha value is -2.74. The second kappa shape index (κ2) is 6.53. The molecule has 0 spiro atoms. The smallest absolute Gasteiger partial charge is 0.225 e. The molecule has 134 valence electrons. The third kappa shape index (κ3) is 2.96. The van der Waals surface area contributed by atoms with Crippen LogP contribution in [0.1, 0.15) is 36.0 Å². The van der Waals surface area contributed by atoms with Gasteiger partial charge in [-0.15, -0.1) is 0 Å². The molecule has 1 aliphatic carbocycles. The number of thiazole rings is 1. The standard InChI is InChI=1S/C18H20N6OS/c1-2-13-16(26-18(20)21-13)17-22-15(9-14(19)25)23-24(17)12-7-6-10-4-3-5-11(10)8-12/h6-8H,2-5,9H2,1H3,(H2,19,25)(H2,20,21). The summed E-state index contributed by atoms with van der Waals surface area (Å²) < 4.78 is 1.78. The summed E-state index contributed by atoms with van der Waals surface area (Å²) in [5, 5.41) is 5.05.